The molecular formula is C13H14N2O2S. The summed E-state index contributed by atoms with van der Waals surface area (Å²) in [6.07, 6.45) is 1.97. The highest BCUT2D eigenvalue weighted by atomic mass is 32.2. The van der Waals surface area contributed by atoms with E-state index < -0.39 is 0 Å². The van der Waals surface area contributed by atoms with Crippen LogP contribution >= 0.6 is 11.8 Å². The number of nitrogens with two attached hydrogens (primary N) is 1. The van der Waals surface area contributed by atoms with Gasteiger partial charge in [-0.15, -0.1) is 0 Å². The van der Waals surface area contributed by atoms with Gasteiger partial charge >= 0.3 is 0 Å². The summed E-state index contributed by atoms with van der Waals surface area (Å²) < 4.78 is 0. The molecule has 2 aliphatic heterocycles. The Morgan fingerprint density at radius 2 is 2.00 bits per heavy atom. The first-order valence-electron chi connectivity index (χ1n) is 6.03. The molecule has 1 unspecified atom stereocenters. The number of carbonyl (C=O) groups excluding carboxylic acids is 2. The second-order valence-corrected chi connectivity index (χ2v) is 5.81. The Balaban J connectivity index is 1.96. The van der Waals surface area contributed by atoms with Gasteiger partial charge in [0, 0.05) is 17.5 Å². The average molecular weight is 262 g/mol. The summed E-state index contributed by atoms with van der Waals surface area (Å²) in [5, 5.41) is 0. The lowest BCUT2D eigenvalue weighted by atomic mass is 10.1. The molecule has 5 heteroatoms. The monoisotopic (exact) mass is 262 g/mol. The molecular weight excluding hydrogens is 248 g/mol. The molecule has 1 saturated heterocycles. The van der Waals surface area contributed by atoms with E-state index in [0.717, 1.165) is 24.3 Å². The molecule has 1 aromatic carbocycles. The SMILES string of the molecule is Nc1ccc2c(c1)C(=O)N(C1CCCSC1)C2=O. The number of fused-ring (bicyclic) bond motifs is 1. The molecule has 2 heterocycles. The third-order valence-corrected chi connectivity index (χ3v) is 4.64. The van der Waals surface area contributed by atoms with Crippen molar-refractivity contribution in [3.63, 3.8) is 0 Å². The van der Waals surface area contributed by atoms with E-state index in [2.05, 4.69) is 0 Å². The van der Waals surface area contributed by atoms with Crippen LogP contribution in [0.1, 0.15) is 33.6 Å². The van der Waals surface area contributed by atoms with Crippen LogP contribution in [0, 0.1) is 0 Å². The summed E-state index contributed by atoms with van der Waals surface area (Å²) in [7, 11) is 0. The Morgan fingerprint density at radius 3 is 2.72 bits per heavy atom. The summed E-state index contributed by atoms with van der Waals surface area (Å²) in [6.45, 7) is 0. The molecule has 4 nitrogen and oxygen atoms in total. The molecule has 0 bridgehead atoms. The van der Waals surface area contributed by atoms with Gasteiger partial charge in [0.2, 0.25) is 0 Å². The van der Waals surface area contributed by atoms with Crippen molar-refractivity contribution in [2.24, 2.45) is 0 Å². The van der Waals surface area contributed by atoms with E-state index in [-0.39, 0.29) is 17.9 Å². The number of carbonyl (C=O) groups is 2. The first-order valence-corrected chi connectivity index (χ1v) is 7.19. The van der Waals surface area contributed by atoms with Gasteiger partial charge in [0.15, 0.2) is 0 Å². The number of thioether (sulfide) groups is 1. The van der Waals surface area contributed by atoms with Crippen molar-refractivity contribution in [1.82, 2.24) is 4.90 Å². The standard InChI is InChI=1S/C13H14N2O2S/c14-8-3-4-10-11(6-8)13(17)15(12(10)16)9-2-1-5-18-7-9/h3-4,6,9H,1-2,5,7,14H2. The topological polar surface area (TPSA) is 63.4 Å². The minimum absolute atomic E-state index is 0.0392. The number of hydrogen-bond acceptors (Lipinski definition) is 4. The number of rotatable bonds is 1. The molecule has 3 rings (SSSR count). The number of hydrogen-bond donors (Lipinski definition) is 1. The fourth-order valence-corrected chi connectivity index (χ4v) is 3.66. The quantitative estimate of drug-likeness (QED) is 0.619. The van der Waals surface area contributed by atoms with E-state index in [4.69, 9.17) is 5.73 Å². The number of anilines is 1. The van der Waals surface area contributed by atoms with E-state index in [1.165, 1.54) is 4.90 Å². The van der Waals surface area contributed by atoms with Crippen molar-refractivity contribution in [3.05, 3.63) is 29.3 Å². The fraction of sp³-hybridized carbons (Fsp3) is 0.385. The largest absolute Gasteiger partial charge is 0.399 e. The smallest absolute Gasteiger partial charge is 0.261 e. The highest BCUT2D eigenvalue weighted by Crippen LogP contribution is 2.30. The molecule has 0 spiro atoms. The first-order chi connectivity index (χ1) is 8.68. The predicted molar refractivity (Wildman–Crippen MR) is 71.7 cm³/mol. The Morgan fingerprint density at radius 1 is 1.22 bits per heavy atom. The lowest BCUT2D eigenvalue weighted by molar-refractivity contribution is 0.0591. The molecule has 94 valence electrons. The zero-order valence-electron chi connectivity index (χ0n) is 9.89. The molecule has 0 radical (unpaired) electrons. The van der Waals surface area contributed by atoms with Gasteiger partial charge < -0.3 is 5.73 Å². The van der Waals surface area contributed by atoms with E-state index in [0.29, 0.717) is 16.8 Å². The Bertz CT molecular complexity index is 524. The van der Waals surface area contributed by atoms with Gasteiger partial charge in [-0.2, -0.15) is 11.8 Å². The first kappa shape index (κ1) is 11.6. The molecule has 18 heavy (non-hydrogen) atoms. The minimum Gasteiger partial charge on any atom is -0.399 e. The fourth-order valence-electron chi connectivity index (χ4n) is 2.54. The number of nitrogen functional groups attached to an aromatic ring is 1. The highest BCUT2D eigenvalue weighted by molar-refractivity contribution is 7.99. The maximum Gasteiger partial charge on any atom is 0.261 e. The van der Waals surface area contributed by atoms with Gasteiger partial charge in [0.05, 0.1) is 11.1 Å². The van der Waals surface area contributed by atoms with Crippen LogP contribution in [-0.4, -0.2) is 34.3 Å². The summed E-state index contributed by atoms with van der Waals surface area (Å²) in [4.78, 5) is 26.0. The third kappa shape index (κ3) is 1.70. The van der Waals surface area contributed by atoms with E-state index in [9.17, 15) is 9.59 Å². The van der Waals surface area contributed by atoms with E-state index in [1.54, 1.807) is 30.0 Å². The van der Waals surface area contributed by atoms with Crippen LogP contribution < -0.4 is 5.73 Å². The molecule has 1 fully saturated rings. The molecule has 0 saturated carbocycles. The van der Waals surface area contributed by atoms with Gasteiger partial charge in [-0.1, -0.05) is 0 Å². The van der Waals surface area contributed by atoms with Crippen LogP contribution in [0.5, 0.6) is 0 Å². The van der Waals surface area contributed by atoms with Gasteiger partial charge in [0.25, 0.3) is 11.8 Å². The Labute approximate surface area is 110 Å². The molecule has 2 amide bonds. The van der Waals surface area contributed by atoms with Crippen molar-refractivity contribution in [2.75, 3.05) is 17.2 Å². The minimum atomic E-state index is -0.185. The molecule has 0 aromatic heterocycles. The zero-order valence-corrected chi connectivity index (χ0v) is 10.7. The lowest BCUT2D eigenvalue weighted by Crippen LogP contribution is -2.42. The van der Waals surface area contributed by atoms with Crippen LogP contribution in [0.3, 0.4) is 0 Å². The molecule has 1 aromatic rings. The van der Waals surface area contributed by atoms with Crippen LogP contribution in [0.25, 0.3) is 0 Å². The normalized spacial score (nSPS) is 23.3. The van der Waals surface area contributed by atoms with Crippen molar-refractivity contribution >= 4 is 29.3 Å². The van der Waals surface area contributed by atoms with E-state index >= 15 is 0 Å². The van der Waals surface area contributed by atoms with Gasteiger partial charge in [-0.3, -0.25) is 14.5 Å². The summed E-state index contributed by atoms with van der Waals surface area (Å²) >= 11 is 1.81. The zero-order chi connectivity index (χ0) is 12.7. The van der Waals surface area contributed by atoms with Crippen molar-refractivity contribution < 1.29 is 9.59 Å². The summed E-state index contributed by atoms with van der Waals surface area (Å²) in [5.41, 5.74) is 7.14. The second kappa shape index (κ2) is 4.31. The third-order valence-electron chi connectivity index (χ3n) is 3.44. The number of nitrogens with zero attached hydrogens (tertiary/aromatic N) is 1. The number of benzene rings is 1. The van der Waals surface area contributed by atoms with Crippen molar-refractivity contribution in [1.29, 1.82) is 0 Å². The van der Waals surface area contributed by atoms with E-state index in [1.807, 2.05) is 0 Å². The molecule has 1 atom stereocenters. The maximum atomic E-state index is 12.3. The van der Waals surface area contributed by atoms with Crippen molar-refractivity contribution in [2.45, 2.75) is 18.9 Å². The van der Waals surface area contributed by atoms with Crippen molar-refractivity contribution in [3.8, 4) is 0 Å². The summed E-state index contributed by atoms with van der Waals surface area (Å²) in [6, 6.07) is 4.97. The van der Waals surface area contributed by atoms with Crippen LogP contribution in [0.2, 0.25) is 0 Å². The Hall–Kier alpha value is -1.49. The van der Waals surface area contributed by atoms with Crippen LogP contribution in [0.15, 0.2) is 18.2 Å². The average Bonchev–Trinajstić information content (AvgIpc) is 2.63. The number of imide groups is 1. The molecule has 0 aliphatic carbocycles. The number of amides is 2. The van der Waals surface area contributed by atoms with Crippen LogP contribution in [0.4, 0.5) is 5.69 Å². The predicted octanol–water partition coefficient (Wildman–Crippen LogP) is 1.76. The molecule has 2 aliphatic rings. The lowest BCUT2D eigenvalue weighted by Gasteiger charge is -2.28. The second-order valence-electron chi connectivity index (χ2n) is 4.66. The summed E-state index contributed by atoms with van der Waals surface area (Å²) in [5.74, 6) is 1.62. The van der Waals surface area contributed by atoms with Crippen LogP contribution in [-0.2, 0) is 0 Å². The highest BCUT2D eigenvalue weighted by Gasteiger charge is 2.40. The van der Waals surface area contributed by atoms with Gasteiger partial charge in [0.1, 0.15) is 0 Å². The maximum absolute atomic E-state index is 12.3. The van der Waals surface area contributed by atoms with Gasteiger partial charge in [-0.25, -0.2) is 0 Å². The molecule has 2 N–H and O–H groups in total. The van der Waals surface area contributed by atoms with Gasteiger partial charge in [-0.05, 0) is 36.8 Å². The Kier molecular flexibility index (Phi) is 2.78.